The summed E-state index contributed by atoms with van der Waals surface area (Å²) in [6.45, 7) is 3.00. The van der Waals surface area contributed by atoms with Gasteiger partial charge in [0.25, 0.3) is 0 Å². The first kappa shape index (κ1) is 11.7. The van der Waals surface area contributed by atoms with Gasteiger partial charge in [-0.3, -0.25) is 4.79 Å². The maximum Gasteiger partial charge on any atom is 0.230 e. The molecule has 1 fully saturated rings. The zero-order valence-corrected chi connectivity index (χ0v) is 11.0. The summed E-state index contributed by atoms with van der Waals surface area (Å²) in [7, 11) is 1.99. The number of hydrogen-bond acceptors (Lipinski definition) is 2. The van der Waals surface area contributed by atoms with Crippen LogP contribution in [-0.4, -0.2) is 19.5 Å². The largest absolute Gasteiger partial charge is 0.313 e. The Morgan fingerprint density at radius 3 is 2.78 bits per heavy atom. The molecule has 0 aromatic heterocycles. The Morgan fingerprint density at radius 1 is 1.39 bits per heavy atom. The number of fused-ring (bicyclic) bond motifs is 1. The van der Waals surface area contributed by atoms with Gasteiger partial charge in [0.05, 0.1) is 0 Å². The Labute approximate surface area is 108 Å². The lowest BCUT2D eigenvalue weighted by Gasteiger charge is -2.34. The predicted molar refractivity (Wildman–Crippen MR) is 72.5 cm³/mol. The highest BCUT2D eigenvalue weighted by Crippen LogP contribution is 2.42. The summed E-state index contributed by atoms with van der Waals surface area (Å²) < 4.78 is 0. The van der Waals surface area contributed by atoms with Crippen LogP contribution in [0.15, 0.2) is 24.3 Å². The highest BCUT2D eigenvalue weighted by molar-refractivity contribution is 5.97. The molecule has 0 spiro atoms. The Hall–Kier alpha value is -1.35. The minimum atomic E-state index is 0.268. The summed E-state index contributed by atoms with van der Waals surface area (Å²) in [6, 6.07) is 8.65. The van der Waals surface area contributed by atoms with Crippen molar-refractivity contribution in [2.75, 3.05) is 18.5 Å². The number of nitrogens with one attached hydrogen (secondary N) is 1. The van der Waals surface area contributed by atoms with E-state index in [0.717, 1.165) is 25.1 Å². The van der Waals surface area contributed by atoms with Gasteiger partial charge >= 0.3 is 0 Å². The topological polar surface area (TPSA) is 32.3 Å². The normalized spacial score (nSPS) is 29.9. The number of rotatable bonds is 2. The Morgan fingerprint density at radius 2 is 2.11 bits per heavy atom. The van der Waals surface area contributed by atoms with Crippen LogP contribution in [0, 0.1) is 11.8 Å². The van der Waals surface area contributed by atoms with E-state index in [9.17, 15) is 4.79 Å². The van der Waals surface area contributed by atoms with Crippen molar-refractivity contribution in [1.29, 1.82) is 0 Å². The first-order valence-electron chi connectivity index (χ1n) is 6.80. The number of benzene rings is 1. The van der Waals surface area contributed by atoms with Crippen LogP contribution < -0.4 is 10.2 Å². The van der Waals surface area contributed by atoms with Crippen molar-refractivity contribution in [2.45, 2.75) is 25.8 Å². The maximum absolute atomic E-state index is 12.4. The molecule has 1 heterocycles. The standard InChI is InChI=1S/C15H20N2O/c1-10-9-12(10)15(18)17-8-7-13(16-2)11-5-3-4-6-14(11)17/h3-6,10,12-13,16H,7-9H2,1-2H3. The molecule has 1 aromatic rings. The smallest absolute Gasteiger partial charge is 0.230 e. The molecule has 96 valence electrons. The third-order valence-corrected chi connectivity index (χ3v) is 4.29. The number of hydrogen-bond donors (Lipinski definition) is 1. The number of carbonyl (C=O) groups excluding carboxylic acids is 1. The summed E-state index contributed by atoms with van der Waals surface area (Å²) in [5.74, 6) is 1.17. The van der Waals surface area contributed by atoms with Gasteiger partial charge in [-0.1, -0.05) is 25.1 Å². The summed E-state index contributed by atoms with van der Waals surface area (Å²) >= 11 is 0. The third kappa shape index (κ3) is 1.83. The van der Waals surface area contributed by atoms with Crippen molar-refractivity contribution in [2.24, 2.45) is 11.8 Å². The molecule has 1 aliphatic carbocycles. The van der Waals surface area contributed by atoms with E-state index in [1.165, 1.54) is 5.56 Å². The molecule has 1 amide bonds. The molecule has 2 aliphatic rings. The number of amides is 1. The van der Waals surface area contributed by atoms with Crippen molar-refractivity contribution in [1.82, 2.24) is 5.32 Å². The monoisotopic (exact) mass is 244 g/mol. The maximum atomic E-state index is 12.4. The second kappa shape index (κ2) is 4.39. The SMILES string of the molecule is CNC1CCN(C(=O)C2CC2C)c2ccccc21. The van der Waals surface area contributed by atoms with Gasteiger partial charge in [0.1, 0.15) is 0 Å². The minimum absolute atomic E-state index is 0.268. The molecule has 0 saturated heterocycles. The lowest BCUT2D eigenvalue weighted by Crippen LogP contribution is -2.40. The van der Waals surface area contributed by atoms with Crippen LogP contribution in [0.5, 0.6) is 0 Å². The van der Waals surface area contributed by atoms with Crippen molar-refractivity contribution in [3.63, 3.8) is 0 Å². The second-order valence-electron chi connectivity index (χ2n) is 5.50. The fraction of sp³-hybridized carbons (Fsp3) is 0.533. The fourth-order valence-corrected chi connectivity index (χ4v) is 2.96. The molecule has 3 nitrogen and oxygen atoms in total. The molecule has 3 atom stereocenters. The van der Waals surface area contributed by atoms with Gasteiger partial charge < -0.3 is 10.2 Å². The molecule has 0 bridgehead atoms. The van der Waals surface area contributed by atoms with Gasteiger partial charge in [-0.25, -0.2) is 0 Å². The average Bonchev–Trinajstić information content (AvgIpc) is 3.14. The highest BCUT2D eigenvalue weighted by atomic mass is 16.2. The van der Waals surface area contributed by atoms with Crippen molar-refractivity contribution in [3.8, 4) is 0 Å². The summed E-state index contributed by atoms with van der Waals surface area (Å²) in [5, 5.41) is 3.34. The predicted octanol–water partition coefficient (Wildman–Crippen LogP) is 2.34. The molecule has 18 heavy (non-hydrogen) atoms. The average molecular weight is 244 g/mol. The van der Waals surface area contributed by atoms with E-state index in [1.807, 2.05) is 18.0 Å². The van der Waals surface area contributed by atoms with E-state index in [-0.39, 0.29) is 5.92 Å². The zero-order chi connectivity index (χ0) is 12.7. The molecule has 1 aliphatic heterocycles. The molecule has 0 radical (unpaired) electrons. The van der Waals surface area contributed by atoms with Crippen molar-refractivity contribution < 1.29 is 4.79 Å². The van der Waals surface area contributed by atoms with Gasteiger partial charge in [0.15, 0.2) is 0 Å². The fourth-order valence-electron chi connectivity index (χ4n) is 2.96. The molecule has 3 heteroatoms. The van der Waals surface area contributed by atoms with Crippen molar-refractivity contribution >= 4 is 11.6 Å². The van der Waals surface area contributed by atoms with Crippen LogP contribution in [-0.2, 0) is 4.79 Å². The molecule has 1 saturated carbocycles. The first-order valence-corrected chi connectivity index (χ1v) is 6.80. The van der Waals surface area contributed by atoms with Gasteiger partial charge in [0.2, 0.25) is 5.91 Å². The van der Waals surface area contributed by atoms with Crippen LogP contribution in [0.25, 0.3) is 0 Å². The summed E-state index contributed by atoms with van der Waals surface area (Å²) in [5.41, 5.74) is 2.36. The quantitative estimate of drug-likeness (QED) is 0.866. The number of carbonyl (C=O) groups is 1. The number of anilines is 1. The Balaban J connectivity index is 1.91. The first-order chi connectivity index (χ1) is 8.72. The van der Waals surface area contributed by atoms with E-state index >= 15 is 0 Å². The van der Waals surface area contributed by atoms with Gasteiger partial charge in [-0.15, -0.1) is 0 Å². The van der Waals surface area contributed by atoms with Crippen LogP contribution in [0.3, 0.4) is 0 Å². The Bertz CT molecular complexity index is 471. The lowest BCUT2D eigenvalue weighted by molar-refractivity contribution is -0.120. The summed E-state index contributed by atoms with van der Waals surface area (Å²) in [6.07, 6.45) is 2.06. The molecular formula is C15H20N2O. The molecule has 3 unspecified atom stereocenters. The molecule has 3 rings (SSSR count). The zero-order valence-electron chi connectivity index (χ0n) is 11.0. The van der Waals surface area contributed by atoms with Crippen molar-refractivity contribution in [3.05, 3.63) is 29.8 Å². The molecular weight excluding hydrogens is 224 g/mol. The van der Waals surface area contributed by atoms with E-state index in [1.54, 1.807) is 0 Å². The van der Waals surface area contributed by atoms with Gasteiger partial charge in [-0.2, -0.15) is 0 Å². The van der Waals surface area contributed by atoms with E-state index in [4.69, 9.17) is 0 Å². The Kier molecular flexibility index (Phi) is 2.86. The van der Waals surface area contributed by atoms with Crippen LogP contribution in [0.1, 0.15) is 31.4 Å². The molecule has 1 N–H and O–H groups in total. The molecule has 1 aromatic carbocycles. The van der Waals surface area contributed by atoms with Crippen LogP contribution in [0.4, 0.5) is 5.69 Å². The lowest BCUT2D eigenvalue weighted by atomic mass is 9.96. The number of para-hydroxylation sites is 1. The van der Waals surface area contributed by atoms with Gasteiger partial charge in [0, 0.05) is 24.2 Å². The second-order valence-corrected chi connectivity index (χ2v) is 5.50. The van der Waals surface area contributed by atoms with Crippen LogP contribution in [0.2, 0.25) is 0 Å². The highest BCUT2D eigenvalue weighted by Gasteiger charge is 2.43. The summed E-state index contributed by atoms with van der Waals surface area (Å²) in [4.78, 5) is 14.4. The third-order valence-electron chi connectivity index (χ3n) is 4.29. The number of nitrogens with zero attached hydrogens (tertiary/aromatic N) is 1. The minimum Gasteiger partial charge on any atom is -0.313 e. The van der Waals surface area contributed by atoms with Crippen LogP contribution >= 0.6 is 0 Å². The van der Waals surface area contributed by atoms with E-state index < -0.39 is 0 Å². The van der Waals surface area contributed by atoms with Gasteiger partial charge in [-0.05, 0) is 37.4 Å². The van der Waals surface area contributed by atoms with E-state index in [0.29, 0.717) is 17.9 Å². The van der Waals surface area contributed by atoms with E-state index in [2.05, 4.69) is 30.4 Å².